The largest absolute Gasteiger partial charge is 0.503 e. The lowest BCUT2D eigenvalue weighted by molar-refractivity contribution is -0.143. The second-order valence-electron chi connectivity index (χ2n) is 5.95. The molecule has 1 saturated heterocycles. The van der Waals surface area contributed by atoms with E-state index in [4.69, 9.17) is 5.11 Å². The summed E-state index contributed by atoms with van der Waals surface area (Å²) < 4.78 is 1.93. The van der Waals surface area contributed by atoms with Crippen LogP contribution in [-0.2, 0) is 17.9 Å². The van der Waals surface area contributed by atoms with Crippen molar-refractivity contribution in [1.82, 2.24) is 9.47 Å². The monoisotopic (exact) mass is 308 g/mol. The van der Waals surface area contributed by atoms with Gasteiger partial charge in [0.15, 0.2) is 5.75 Å². The van der Waals surface area contributed by atoms with E-state index < -0.39 is 5.97 Å². The fraction of sp³-hybridized carbons (Fsp3) is 0.625. The SMILES string of the molecule is CCCCn1cc(O)c(=O)cc1CN1CCC(C(=O)O)CC1. The van der Waals surface area contributed by atoms with E-state index in [0.717, 1.165) is 38.2 Å². The molecule has 0 amide bonds. The number of carboxylic acid groups (broad SMARTS) is 1. The zero-order chi connectivity index (χ0) is 16.1. The minimum absolute atomic E-state index is 0.218. The summed E-state index contributed by atoms with van der Waals surface area (Å²) in [6, 6.07) is 1.49. The molecule has 0 bridgehead atoms. The summed E-state index contributed by atoms with van der Waals surface area (Å²) in [6.45, 7) is 4.93. The van der Waals surface area contributed by atoms with Crippen molar-refractivity contribution in [3.63, 3.8) is 0 Å². The van der Waals surface area contributed by atoms with Crippen LogP contribution in [0.3, 0.4) is 0 Å². The molecular formula is C16H24N2O4. The van der Waals surface area contributed by atoms with E-state index >= 15 is 0 Å². The van der Waals surface area contributed by atoms with Crippen LogP contribution in [0.15, 0.2) is 17.1 Å². The first-order valence-corrected chi connectivity index (χ1v) is 7.88. The molecule has 0 aliphatic carbocycles. The van der Waals surface area contributed by atoms with Crippen LogP contribution >= 0.6 is 0 Å². The average Bonchev–Trinajstić information content (AvgIpc) is 2.50. The minimum Gasteiger partial charge on any atom is -0.503 e. The zero-order valence-electron chi connectivity index (χ0n) is 13.0. The predicted octanol–water partition coefficient (Wildman–Crippen LogP) is 1.65. The van der Waals surface area contributed by atoms with Gasteiger partial charge in [-0.2, -0.15) is 0 Å². The summed E-state index contributed by atoms with van der Waals surface area (Å²) in [5.74, 6) is -1.19. The van der Waals surface area contributed by atoms with Gasteiger partial charge in [-0.3, -0.25) is 14.5 Å². The molecule has 22 heavy (non-hydrogen) atoms. The summed E-state index contributed by atoms with van der Waals surface area (Å²) in [7, 11) is 0. The van der Waals surface area contributed by atoms with Crippen LogP contribution in [0.1, 0.15) is 38.3 Å². The van der Waals surface area contributed by atoms with E-state index in [0.29, 0.717) is 19.4 Å². The Labute approximate surface area is 130 Å². The van der Waals surface area contributed by atoms with Crippen LogP contribution < -0.4 is 5.43 Å². The van der Waals surface area contributed by atoms with Crippen molar-refractivity contribution in [1.29, 1.82) is 0 Å². The summed E-state index contributed by atoms with van der Waals surface area (Å²) in [4.78, 5) is 24.8. The first-order valence-electron chi connectivity index (χ1n) is 7.88. The number of unbranched alkanes of at least 4 members (excludes halogenated alkanes) is 1. The van der Waals surface area contributed by atoms with Gasteiger partial charge in [-0.1, -0.05) is 13.3 Å². The van der Waals surface area contributed by atoms with Crippen LogP contribution in [0.2, 0.25) is 0 Å². The Morgan fingerprint density at radius 3 is 2.64 bits per heavy atom. The third kappa shape index (κ3) is 4.10. The van der Waals surface area contributed by atoms with Gasteiger partial charge in [-0.05, 0) is 32.4 Å². The number of piperidine rings is 1. The summed E-state index contributed by atoms with van der Waals surface area (Å²) in [5, 5.41) is 18.6. The summed E-state index contributed by atoms with van der Waals surface area (Å²) in [6.07, 6.45) is 4.82. The molecule has 0 spiro atoms. The van der Waals surface area contributed by atoms with E-state index in [1.54, 1.807) is 0 Å². The molecule has 1 aliphatic rings. The van der Waals surface area contributed by atoms with Gasteiger partial charge in [-0.25, -0.2) is 0 Å². The van der Waals surface area contributed by atoms with Gasteiger partial charge in [0, 0.05) is 24.8 Å². The molecule has 0 radical (unpaired) electrons. The lowest BCUT2D eigenvalue weighted by Crippen LogP contribution is -2.36. The highest BCUT2D eigenvalue weighted by atomic mass is 16.4. The topological polar surface area (TPSA) is 82.8 Å². The number of nitrogens with zero attached hydrogens (tertiary/aromatic N) is 2. The molecule has 0 aromatic carbocycles. The van der Waals surface area contributed by atoms with Crippen LogP contribution in [-0.4, -0.2) is 38.7 Å². The van der Waals surface area contributed by atoms with Crippen LogP contribution in [0.25, 0.3) is 0 Å². The molecule has 122 valence electrons. The molecule has 0 atom stereocenters. The normalized spacial score (nSPS) is 16.8. The number of rotatable bonds is 6. The standard InChI is InChI=1S/C16H24N2O4/c1-2-3-6-18-11-15(20)14(19)9-13(18)10-17-7-4-12(5-8-17)16(21)22/h9,11-12,20H,2-8,10H2,1H3,(H,21,22). The lowest BCUT2D eigenvalue weighted by Gasteiger charge is -2.30. The maximum atomic E-state index is 11.7. The highest BCUT2D eigenvalue weighted by molar-refractivity contribution is 5.70. The second kappa shape index (κ2) is 7.45. The lowest BCUT2D eigenvalue weighted by atomic mass is 9.97. The Morgan fingerprint density at radius 1 is 1.36 bits per heavy atom. The molecule has 6 nitrogen and oxygen atoms in total. The first kappa shape index (κ1) is 16.5. The Hall–Kier alpha value is -1.82. The molecule has 1 aromatic rings. The molecule has 0 unspecified atom stereocenters. The quantitative estimate of drug-likeness (QED) is 0.835. The maximum absolute atomic E-state index is 11.7. The van der Waals surface area contributed by atoms with E-state index in [-0.39, 0.29) is 17.1 Å². The third-order valence-corrected chi connectivity index (χ3v) is 4.27. The van der Waals surface area contributed by atoms with Gasteiger partial charge in [0.1, 0.15) is 0 Å². The van der Waals surface area contributed by atoms with Gasteiger partial charge >= 0.3 is 5.97 Å². The molecule has 2 heterocycles. The molecule has 1 aromatic heterocycles. The van der Waals surface area contributed by atoms with Crippen molar-refractivity contribution >= 4 is 5.97 Å². The molecule has 1 aliphatic heterocycles. The smallest absolute Gasteiger partial charge is 0.306 e. The molecular weight excluding hydrogens is 284 g/mol. The highest BCUT2D eigenvalue weighted by Gasteiger charge is 2.24. The number of aromatic nitrogens is 1. The number of carboxylic acids is 1. The van der Waals surface area contributed by atoms with E-state index in [9.17, 15) is 14.7 Å². The number of hydrogen-bond acceptors (Lipinski definition) is 4. The number of aryl methyl sites for hydroxylation is 1. The van der Waals surface area contributed by atoms with Crippen LogP contribution in [0.5, 0.6) is 5.75 Å². The van der Waals surface area contributed by atoms with Gasteiger partial charge in [0.2, 0.25) is 5.43 Å². The molecule has 2 N–H and O–H groups in total. The van der Waals surface area contributed by atoms with Crippen molar-refractivity contribution in [3.05, 3.63) is 28.2 Å². The van der Waals surface area contributed by atoms with Crippen molar-refractivity contribution in [2.75, 3.05) is 13.1 Å². The average molecular weight is 308 g/mol. The molecule has 0 saturated carbocycles. The predicted molar refractivity (Wildman–Crippen MR) is 82.9 cm³/mol. The Bertz CT molecular complexity index is 574. The van der Waals surface area contributed by atoms with E-state index in [2.05, 4.69) is 11.8 Å². The maximum Gasteiger partial charge on any atom is 0.306 e. The summed E-state index contributed by atoms with van der Waals surface area (Å²) in [5.41, 5.74) is 0.521. The van der Waals surface area contributed by atoms with Gasteiger partial charge in [0.25, 0.3) is 0 Å². The number of aromatic hydroxyl groups is 1. The minimum atomic E-state index is -0.718. The second-order valence-corrected chi connectivity index (χ2v) is 5.95. The van der Waals surface area contributed by atoms with E-state index in [1.165, 1.54) is 12.3 Å². The number of hydrogen-bond donors (Lipinski definition) is 2. The van der Waals surface area contributed by atoms with E-state index in [1.807, 2.05) is 4.57 Å². The van der Waals surface area contributed by atoms with Crippen LogP contribution in [0.4, 0.5) is 0 Å². The van der Waals surface area contributed by atoms with Crippen molar-refractivity contribution in [3.8, 4) is 5.75 Å². The highest BCUT2D eigenvalue weighted by Crippen LogP contribution is 2.19. The van der Waals surface area contributed by atoms with Crippen molar-refractivity contribution in [2.24, 2.45) is 5.92 Å². The zero-order valence-corrected chi connectivity index (χ0v) is 13.0. The molecule has 1 fully saturated rings. The van der Waals surface area contributed by atoms with Crippen molar-refractivity contribution in [2.45, 2.75) is 45.7 Å². The van der Waals surface area contributed by atoms with Crippen LogP contribution in [0, 0.1) is 5.92 Å². The Balaban J connectivity index is 2.07. The number of carbonyl (C=O) groups is 1. The Kier molecular flexibility index (Phi) is 5.60. The fourth-order valence-corrected chi connectivity index (χ4v) is 2.84. The number of aliphatic carboxylic acids is 1. The van der Waals surface area contributed by atoms with Crippen molar-refractivity contribution < 1.29 is 15.0 Å². The third-order valence-electron chi connectivity index (χ3n) is 4.27. The van der Waals surface area contributed by atoms with Gasteiger partial charge in [-0.15, -0.1) is 0 Å². The molecule has 6 heteroatoms. The molecule has 2 rings (SSSR count). The van der Waals surface area contributed by atoms with Gasteiger partial charge in [0.05, 0.1) is 12.1 Å². The Morgan fingerprint density at radius 2 is 2.05 bits per heavy atom. The first-order chi connectivity index (χ1) is 10.5. The number of pyridine rings is 1. The summed E-state index contributed by atoms with van der Waals surface area (Å²) >= 11 is 0. The fourth-order valence-electron chi connectivity index (χ4n) is 2.84. The number of likely N-dealkylation sites (tertiary alicyclic amines) is 1. The van der Waals surface area contributed by atoms with Gasteiger partial charge < -0.3 is 14.8 Å².